The van der Waals surface area contributed by atoms with Gasteiger partial charge in [-0.05, 0) is 27.0 Å². The van der Waals surface area contributed by atoms with Crippen LogP contribution in [0.2, 0.25) is 0 Å². The molecule has 2 N–H and O–H groups in total. The molecule has 1 aromatic rings. The summed E-state index contributed by atoms with van der Waals surface area (Å²) < 4.78 is 26.1. The minimum atomic E-state index is -0.657. The van der Waals surface area contributed by atoms with Crippen LogP contribution in [0.15, 0.2) is 18.2 Å². The fourth-order valence-corrected chi connectivity index (χ4v) is 1.40. The van der Waals surface area contributed by atoms with E-state index in [9.17, 15) is 13.6 Å². The highest BCUT2D eigenvalue weighted by molar-refractivity contribution is 5.81. The Labute approximate surface area is 99.2 Å². The van der Waals surface area contributed by atoms with Crippen LogP contribution in [-0.4, -0.2) is 19.0 Å². The number of rotatable bonds is 4. The second-order valence-corrected chi connectivity index (χ2v) is 3.91. The first-order valence-electron chi connectivity index (χ1n) is 5.38. The van der Waals surface area contributed by atoms with Crippen molar-refractivity contribution in [2.45, 2.75) is 25.9 Å². The van der Waals surface area contributed by atoms with Gasteiger partial charge in [0.25, 0.3) is 0 Å². The summed E-state index contributed by atoms with van der Waals surface area (Å²) in [6.45, 7) is 3.35. The second-order valence-electron chi connectivity index (χ2n) is 3.91. The van der Waals surface area contributed by atoms with Gasteiger partial charge in [-0.2, -0.15) is 0 Å². The normalized spacial score (nSPS) is 14.2. The predicted octanol–water partition coefficient (Wildman–Crippen LogP) is 1.75. The van der Waals surface area contributed by atoms with E-state index in [2.05, 4.69) is 10.6 Å². The molecule has 94 valence electrons. The zero-order valence-corrected chi connectivity index (χ0v) is 10.1. The lowest BCUT2D eigenvalue weighted by atomic mass is 10.1. The van der Waals surface area contributed by atoms with E-state index >= 15 is 0 Å². The van der Waals surface area contributed by atoms with Crippen LogP contribution in [0, 0.1) is 11.6 Å². The van der Waals surface area contributed by atoms with E-state index in [0.29, 0.717) is 0 Å². The van der Waals surface area contributed by atoms with Crippen molar-refractivity contribution in [2.75, 3.05) is 7.05 Å². The van der Waals surface area contributed by atoms with Crippen molar-refractivity contribution < 1.29 is 13.6 Å². The Hall–Kier alpha value is -1.49. The molecule has 0 aliphatic carbocycles. The number of likely N-dealkylation sites (N-methyl/N-ethyl adjacent to an activating group) is 1. The smallest absolute Gasteiger partial charge is 0.237 e. The van der Waals surface area contributed by atoms with Crippen molar-refractivity contribution in [1.82, 2.24) is 10.6 Å². The average Bonchev–Trinajstić information content (AvgIpc) is 2.27. The molecule has 2 atom stereocenters. The molecule has 0 spiro atoms. The maximum Gasteiger partial charge on any atom is 0.237 e. The third-order valence-corrected chi connectivity index (χ3v) is 2.61. The Balaban J connectivity index is 2.76. The van der Waals surface area contributed by atoms with Crippen molar-refractivity contribution in [3.05, 3.63) is 35.4 Å². The third-order valence-electron chi connectivity index (χ3n) is 2.61. The van der Waals surface area contributed by atoms with E-state index in [1.807, 2.05) is 0 Å². The monoisotopic (exact) mass is 242 g/mol. The van der Waals surface area contributed by atoms with E-state index < -0.39 is 17.7 Å². The quantitative estimate of drug-likeness (QED) is 0.844. The maximum atomic E-state index is 13.4. The van der Waals surface area contributed by atoms with Gasteiger partial charge in [0.1, 0.15) is 11.6 Å². The van der Waals surface area contributed by atoms with Gasteiger partial charge in [-0.15, -0.1) is 0 Å². The van der Waals surface area contributed by atoms with Crippen molar-refractivity contribution >= 4 is 5.91 Å². The lowest BCUT2D eigenvalue weighted by Crippen LogP contribution is -2.41. The fraction of sp³-hybridized carbons (Fsp3) is 0.417. The number of amides is 1. The maximum absolute atomic E-state index is 13.4. The number of halogens is 2. The second kappa shape index (κ2) is 5.72. The molecule has 0 aromatic heterocycles. The van der Waals surface area contributed by atoms with Gasteiger partial charge in [0.05, 0.1) is 12.1 Å². The molecule has 5 heteroatoms. The van der Waals surface area contributed by atoms with Crippen LogP contribution in [0.25, 0.3) is 0 Å². The van der Waals surface area contributed by atoms with Crippen LogP contribution >= 0.6 is 0 Å². The van der Waals surface area contributed by atoms with Crippen LogP contribution in [-0.2, 0) is 4.79 Å². The van der Waals surface area contributed by atoms with Crippen molar-refractivity contribution in [2.24, 2.45) is 0 Å². The summed E-state index contributed by atoms with van der Waals surface area (Å²) in [6.07, 6.45) is 0. The minimum Gasteiger partial charge on any atom is -0.348 e. The molecule has 0 aliphatic rings. The summed E-state index contributed by atoms with van der Waals surface area (Å²) in [4.78, 5) is 11.6. The summed E-state index contributed by atoms with van der Waals surface area (Å²) in [6, 6.07) is 2.45. The molecule has 0 saturated heterocycles. The number of nitrogens with one attached hydrogen (secondary N) is 2. The largest absolute Gasteiger partial charge is 0.348 e. The summed E-state index contributed by atoms with van der Waals surface area (Å²) in [5, 5.41) is 5.42. The number of hydrogen-bond donors (Lipinski definition) is 2. The molecule has 0 bridgehead atoms. The van der Waals surface area contributed by atoms with E-state index in [1.54, 1.807) is 20.9 Å². The molecule has 0 radical (unpaired) electrons. The Morgan fingerprint density at radius 1 is 1.29 bits per heavy atom. The molecule has 0 unspecified atom stereocenters. The standard InChI is InChI=1S/C12H16F2N2O/c1-7(16-12(17)8(2)15-3)10-5-4-9(13)6-11(10)14/h4-8,15H,1-3H3,(H,16,17)/t7-,8-/m0/s1. The molecule has 0 saturated carbocycles. The van der Waals surface area contributed by atoms with Crippen LogP contribution < -0.4 is 10.6 Å². The van der Waals surface area contributed by atoms with Crippen molar-refractivity contribution in [3.63, 3.8) is 0 Å². The molecule has 1 rings (SSSR count). The summed E-state index contributed by atoms with van der Waals surface area (Å²) in [5.41, 5.74) is 0.267. The highest BCUT2D eigenvalue weighted by Gasteiger charge is 2.17. The Kier molecular flexibility index (Phi) is 4.57. The topological polar surface area (TPSA) is 41.1 Å². The molecule has 0 heterocycles. The lowest BCUT2D eigenvalue weighted by molar-refractivity contribution is -0.123. The van der Waals surface area contributed by atoms with Gasteiger partial charge in [-0.25, -0.2) is 8.78 Å². The van der Waals surface area contributed by atoms with Crippen molar-refractivity contribution in [1.29, 1.82) is 0 Å². The number of carbonyl (C=O) groups is 1. The Morgan fingerprint density at radius 3 is 2.47 bits per heavy atom. The lowest BCUT2D eigenvalue weighted by Gasteiger charge is -2.18. The summed E-state index contributed by atoms with van der Waals surface area (Å²) >= 11 is 0. The first-order chi connectivity index (χ1) is 7.95. The fourth-order valence-electron chi connectivity index (χ4n) is 1.40. The summed E-state index contributed by atoms with van der Waals surface area (Å²) in [5.74, 6) is -1.52. The molecule has 0 fully saturated rings. The Morgan fingerprint density at radius 2 is 1.94 bits per heavy atom. The van der Waals surface area contributed by atoms with E-state index in [-0.39, 0.29) is 17.5 Å². The third kappa shape index (κ3) is 3.49. The predicted molar refractivity (Wildman–Crippen MR) is 61.4 cm³/mol. The van der Waals surface area contributed by atoms with Crippen LogP contribution in [0.3, 0.4) is 0 Å². The SMILES string of the molecule is CN[C@@H](C)C(=O)N[C@@H](C)c1ccc(F)cc1F. The first-order valence-corrected chi connectivity index (χ1v) is 5.38. The van der Waals surface area contributed by atoms with Gasteiger partial charge in [0.2, 0.25) is 5.91 Å². The molecule has 3 nitrogen and oxygen atoms in total. The molecular weight excluding hydrogens is 226 g/mol. The zero-order valence-electron chi connectivity index (χ0n) is 10.1. The van der Waals surface area contributed by atoms with Gasteiger partial charge in [0, 0.05) is 11.6 Å². The average molecular weight is 242 g/mol. The van der Waals surface area contributed by atoms with Crippen LogP contribution in [0.5, 0.6) is 0 Å². The van der Waals surface area contributed by atoms with E-state index in [1.165, 1.54) is 12.1 Å². The minimum absolute atomic E-state index is 0.233. The van der Waals surface area contributed by atoms with Crippen LogP contribution in [0.4, 0.5) is 8.78 Å². The number of benzene rings is 1. The highest BCUT2D eigenvalue weighted by atomic mass is 19.1. The molecule has 1 amide bonds. The van der Waals surface area contributed by atoms with Gasteiger partial charge >= 0.3 is 0 Å². The van der Waals surface area contributed by atoms with Gasteiger partial charge < -0.3 is 10.6 Å². The van der Waals surface area contributed by atoms with Crippen molar-refractivity contribution in [3.8, 4) is 0 Å². The molecular formula is C12H16F2N2O. The van der Waals surface area contributed by atoms with E-state index in [4.69, 9.17) is 0 Å². The summed E-state index contributed by atoms with van der Waals surface area (Å²) in [7, 11) is 1.66. The zero-order chi connectivity index (χ0) is 13.0. The Bertz CT molecular complexity index is 409. The first kappa shape index (κ1) is 13.6. The number of carbonyl (C=O) groups excluding carboxylic acids is 1. The van der Waals surface area contributed by atoms with Gasteiger partial charge in [0.15, 0.2) is 0 Å². The van der Waals surface area contributed by atoms with Gasteiger partial charge in [-0.1, -0.05) is 6.07 Å². The molecule has 0 aliphatic heterocycles. The molecule has 17 heavy (non-hydrogen) atoms. The van der Waals surface area contributed by atoms with Gasteiger partial charge in [-0.3, -0.25) is 4.79 Å². The molecule has 1 aromatic carbocycles. The van der Waals surface area contributed by atoms with E-state index in [0.717, 1.165) is 6.07 Å². The van der Waals surface area contributed by atoms with Crippen LogP contribution in [0.1, 0.15) is 25.5 Å². The highest BCUT2D eigenvalue weighted by Crippen LogP contribution is 2.17. The number of hydrogen-bond acceptors (Lipinski definition) is 2.